The monoisotopic (exact) mass is 217 g/mol. The Labute approximate surface area is 89.8 Å². The molecule has 0 aliphatic rings. The lowest BCUT2D eigenvalue weighted by atomic mass is 9.98. The van der Waals surface area contributed by atoms with Crippen LogP contribution in [0.2, 0.25) is 0 Å². The van der Waals surface area contributed by atoms with Crippen molar-refractivity contribution in [3.63, 3.8) is 0 Å². The average molecular weight is 217 g/mol. The van der Waals surface area contributed by atoms with Gasteiger partial charge in [-0.05, 0) is 19.8 Å². The number of esters is 1. The standard InChI is InChI=1S/C10H19NO4/c1-6(2)7(8(12)15-5)11-10(3,4)9(13)14/h6-7,11H,1-5H3,(H,13,14). The van der Waals surface area contributed by atoms with Gasteiger partial charge in [0.2, 0.25) is 0 Å². The van der Waals surface area contributed by atoms with Crippen molar-refractivity contribution in [2.45, 2.75) is 39.3 Å². The number of methoxy groups -OCH3 is 1. The summed E-state index contributed by atoms with van der Waals surface area (Å²) >= 11 is 0. The first-order chi connectivity index (χ1) is 6.72. The van der Waals surface area contributed by atoms with Crippen molar-refractivity contribution in [1.29, 1.82) is 0 Å². The van der Waals surface area contributed by atoms with Gasteiger partial charge in [-0.15, -0.1) is 0 Å². The van der Waals surface area contributed by atoms with Crippen LogP contribution in [0.15, 0.2) is 0 Å². The SMILES string of the molecule is COC(=O)C(NC(C)(C)C(=O)O)C(C)C. The zero-order valence-corrected chi connectivity index (χ0v) is 9.83. The molecule has 0 saturated heterocycles. The fourth-order valence-corrected chi connectivity index (χ4v) is 1.08. The van der Waals surface area contributed by atoms with E-state index in [1.54, 1.807) is 0 Å². The Kier molecular flexibility index (Phi) is 4.74. The second-order valence-corrected chi connectivity index (χ2v) is 4.32. The lowest BCUT2D eigenvalue weighted by Gasteiger charge is -2.28. The highest BCUT2D eigenvalue weighted by atomic mass is 16.5. The number of carboxylic acids is 1. The van der Waals surface area contributed by atoms with Crippen molar-refractivity contribution in [1.82, 2.24) is 5.32 Å². The molecule has 0 heterocycles. The number of ether oxygens (including phenoxy) is 1. The normalized spacial score (nSPS) is 13.7. The van der Waals surface area contributed by atoms with Crippen LogP contribution >= 0.6 is 0 Å². The van der Waals surface area contributed by atoms with E-state index in [-0.39, 0.29) is 5.92 Å². The summed E-state index contributed by atoms with van der Waals surface area (Å²) in [6.07, 6.45) is 0. The zero-order valence-electron chi connectivity index (χ0n) is 9.83. The van der Waals surface area contributed by atoms with Gasteiger partial charge in [0.05, 0.1) is 7.11 Å². The van der Waals surface area contributed by atoms with Crippen LogP contribution in [0, 0.1) is 5.92 Å². The lowest BCUT2D eigenvalue weighted by molar-refractivity contribution is -0.148. The van der Waals surface area contributed by atoms with E-state index in [9.17, 15) is 9.59 Å². The van der Waals surface area contributed by atoms with Gasteiger partial charge in [0.15, 0.2) is 0 Å². The molecular weight excluding hydrogens is 198 g/mol. The van der Waals surface area contributed by atoms with Gasteiger partial charge in [0.25, 0.3) is 0 Å². The molecule has 88 valence electrons. The van der Waals surface area contributed by atoms with E-state index < -0.39 is 23.5 Å². The molecular formula is C10H19NO4. The highest BCUT2D eigenvalue weighted by molar-refractivity contribution is 5.81. The first-order valence-corrected chi connectivity index (χ1v) is 4.81. The Morgan fingerprint density at radius 3 is 2.07 bits per heavy atom. The maximum atomic E-state index is 11.4. The van der Waals surface area contributed by atoms with Crippen LogP contribution in [0.25, 0.3) is 0 Å². The molecule has 15 heavy (non-hydrogen) atoms. The van der Waals surface area contributed by atoms with Gasteiger partial charge < -0.3 is 9.84 Å². The Bertz CT molecular complexity index is 248. The van der Waals surface area contributed by atoms with E-state index in [4.69, 9.17) is 5.11 Å². The molecule has 0 aliphatic heterocycles. The smallest absolute Gasteiger partial charge is 0.323 e. The fraction of sp³-hybridized carbons (Fsp3) is 0.800. The first kappa shape index (κ1) is 13.9. The summed E-state index contributed by atoms with van der Waals surface area (Å²) in [7, 11) is 1.28. The molecule has 0 fully saturated rings. The second-order valence-electron chi connectivity index (χ2n) is 4.32. The highest BCUT2D eigenvalue weighted by Crippen LogP contribution is 2.10. The maximum absolute atomic E-state index is 11.4. The van der Waals surface area contributed by atoms with Gasteiger partial charge in [0.1, 0.15) is 11.6 Å². The summed E-state index contributed by atoms with van der Waals surface area (Å²) in [6, 6.07) is -0.610. The Hall–Kier alpha value is -1.10. The molecule has 0 amide bonds. The third kappa shape index (κ3) is 3.87. The molecule has 5 heteroatoms. The van der Waals surface area contributed by atoms with E-state index in [1.165, 1.54) is 21.0 Å². The number of nitrogens with one attached hydrogen (secondary N) is 1. The van der Waals surface area contributed by atoms with Crippen LogP contribution in [-0.2, 0) is 14.3 Å². The van der Waals surface area contributed by atoms with E-state index in [1.807, 2.05) is 13.8 Å². The molecule has 0 aromatic carbocycles. The van der Waals surface area contributed by atoms with Crippen molar-refractivity contribution < 1.29 is 19.4 Å². The molecule has 1 atom stereocenters. The summed E-state index contributed by atoms with van der Waals surface area (Å²) in [5.74, 6) is -1.48. The van der Waals surface area contributed by atoms with E-state index >= 15 is 0 Å². The molecule has 0 rings (SSSR count). The number of carboxylic acid groups (broad SMARTS) is 1. The van der Waals surface area contributed by atoms with Crippen molar-refractivity contribution >= 4 is 11.9 Å². The van der Waals surface area contributed by atoms with Crippen molar-refractivity contribution in [3.8, 4) is 0 Å². The molecule has 5 nitrogen and oxygen atoms in total. The summed E-state index contributed by atoms with van der Waals surface area (Å²) in [5.41, 5.74) is -1.15. The largest absolute Gasteiger partial charge is 0.480 e. The first-order valence-electron chi connectivity index (χ1n) is 4.81. The molecule has 0 bridgehead atoms. The Balaban J connectivity index is 4.69. The number of hydrogen-bond donors (Lipinski definition) is 2. The van der Waals surface area contributed by atoms with Crippen LogP contribution in [0.5, 0.6) is 0 Å². The summed E-state index contributed by atoms with van der Waals surface area (Å²) in [5, 5.41) is 11.7. The van der Waals surface area contributed by atoms with Crippen molar-refractivity contribution in [3.05, 3.63) is 0 Å². The van der Waals surface area contributed by atoms with Crippen LogP contribution in [0.3, 0.4) is 0 Å². The van der Waals surface area contributed by atoms with Crippen molar-refractivity contribution in [2.24, 2.45) is 5.92 Å². The summed E-state index contributed by atoms with van der Waals surface area (Å²) < 4.78 is 4.60. The topological polar surface area (TPSA) is 75.6 Å². The number of hydrogen-bond acceptors (Lipinski definition) is 4. The Morgan fingerprint density at radius 1 is 1.33 bits per heavy atom. The van der Waals surface area contributed by atoms with Gasteiger partial charge >= 0.3 is 11.9 Å². The molecule has 0 aromatic rings. The van der Waals surface area contributed by atoms with Crippen LogP contribution < -0.4 is 5.32 Å². The predicted octanol–water partition coefficient (Wildman–Crippen LogP) is 0.637. The molecule has 1 unspecified atom stereocenters. The zero-order chi connectivity index (χ0) is 12.2. The van der Waals surface area contributed by atoms with Crippen molar-refractivity contribution in [2.75, 3.05) is 7.11 Å². The number of aliphatic carboxylic acids is 1. The lowest BCUT2D eigenvalue weighted by Crippen LogP contribution is -2.56. The second kappa shape index (κ2) is 5.11. The third-order valence-corrected chi connectivity index (χ3v) is 2.17. The molecule has 0 aliphatic carbocycles. The number of carbonyl (C=O) groups excluding carboxylic acids is 1. The van der Waals surface area contributed by atoms with Crippen LogP contribution in [0.4, 0.5) is 0 Å². The Morgan fingerprint density at radius 2 is 1.80 bits per heavy atom. The molecule has 0 aromatic heterocycles. The highest BCUT2D eigenvalue weighted by Gasteiger charge is 2.34. The minimum absolute atomic E-state index is 0.0314. The third-order valence-electron chi connectivity index (χ3n) is 2.17. The minimum atomic E-state index is -1.15. The van der Waals surface area contributed by atoms with Gasteiger partial charge in [-0.25, -0.2) is 0 Å². The number of carbonyl (C=O) groups is 2. The summed E-state index contributed by atoms with van der Waals surface area (Å²) in [6.45, 7) is 6.67. The minimum Gasteiger partial charge on any atom is -0.480 e. The molecule has 2 N–H and O–H groups in total. The molecule has 0 saturated carbocycles. The van der Waals surface area contributed by atoms with Crippen LogP contribution in [0.1, 0.15) is 27.7 Å². The maximum Gasteiger partial charge on any atom is 0.323 e. The number of rotatable bonds is 5. The van der Waals surface area contributed by atoms with Gasteiger partial charge in [-0.3, -0.25) is 14.9 Å². The van der Waals surface area contributed by atoms with Gasteiger partial charge in [0, 0.05) is 0 Å². The fourth-order valence-electron chi connectivity index (χ4n) is 1.08. The van der Waals surface area contributed by atoms with E-state index in [0.29, 0.717) is 0 Å². The quantitative estimate of drug-likeness (QED) is 0.661. The molecule has 0 radical (unpaired) electrons. The van der Waals surface area contributed by atoms with Gasteiger partial charge in [-0.1, -0.05) is 13.8 Å². The summed E-state index contributed by atoms with van der Waals surface area (Å²) in [4.78, 5) is 22.3. The van der Waals surface area contributed by atoms with E-state index in [2.05, 4.69) is 10.1 Å². The predicted molar refractivity (Wildman–Crippen MR) is 55.5 cm³/mol. The van der Waals surface area contributed by atoms with Crippen LogP contribution in [-0.4, -0.2) is 35.7 Å². The van der Waals surface area contributed by atoms with E-state index in [0.717, 1.165) is 0 Å². The molecule has 0 spiro atoms. The van der Waals surface area contributed by atoms with Gasteiger partial charge in [-0.2, -0.15) is 0 Å². The average Bonchev–Trinajstić information content (AvgIpc) is 2.12.